The lowest BCUT2D eigenvalue weighted by molar-refractivity contribution is 0.181. The molecule has 2 aromatic carbocycles. The number of nitrogens with one attached hydrogen (secondary N) is 1. The van der Waals surface area contributed by atoms with Gasteiger partial charge in [-0.1, -0.05) is 30.3 Å². The van der Waals surface area contributed by atoms with Crippen LogP contribution in [0.15, 0.2) is 66.9 Å². The fraction of sp³-hybridized carbons (Fsp3) is 0.190. The van der Waals surface area contributed by atoms with Crippen LogP contribution in [0.5, 0.6) is 11.5 Å². The Morgan fingerprint density at radius 2 is 1.82 bits per heavy atom. The Kier molecular flexibility index (Phi) is 5.05. The average molecular weight is 376 g/mol. The topological polar surface area (TPSA) is 76.6 Å². The zero-order chi connectivity index (χ0) is 19.3. The Morgan fingerprint density at radius 1 is 1.07 bits per heavy atom. The van der Waals surface area contributed by atoms with E-state index in [1.165, 1.54) is 4.90 Å². The molecule has 1 saturated heterocycles. The van der Waals surface area contributed by atoms with E-state index >= 15 is 0 Å². The van der Waals surface area contributed by atoms with Crippen molar-refractivity contribution >= 4 is 17.9 Å². The first kappa shape index (κ1) is 17.8. The summed E-state index contributed by atoms with van der Waals surface area (Å²) in [5, 5.41) is 3.26. The van der Waals surface area contributed by atoms with Gasteiger partial charge in [-0.2, -0.15) is 4.98 Å². The summed E-state index contributed by atoms with van der Waals surface area (Å²) in [4.78, 5) is 21.9. The fourth-order valence-corrected chi connectivity index (χ4v) is 2.90. The summed E-state index contributed by atoms with van der Waals surface area (Å²) in [7, 11) is 0. The molecule has 2 heterocycles. The third-order valence-electron chi connectivity index (χ3n) is 4.38. The average Bonchev–Trinajstić information content (AvgIpc) is 3.15. The normalized spacial score (nSPS) is 14.5. The smallest absolute Gasteiger partial charge is 0.415 e. The van der Waals surface area contributed by atoms with Crippen molar-refractivity contribution in [3.8, 4) is 11.5 Å². The van der Waals surface area contributed by atoms with Crippen LogP contribution in [-0.4, -0.2) is 29.2 Å². The van der Waals surface area contributed by atoms with Crippen LogP contribution in [0, 0.1) is 0 Å². The maximum Gasteiger partial charge on any atom is 0.415 e. The zero-order valence-electron chi connectivity index (χ0n) is 15.4. The van der Waals surface area contributed by atoms with Gasteiger partial charge in [-0.05, 0) is 42.8 Å². The van der Waals surface area contributed by atoms with E-state index in [9.17, 15) is 4.79 Å². The highest BCUT2D eigenvalue weighted by molar-refractivity contribution is 5.88. The molecule has 7 nitrogen and oxygen atoms in total. The Labute approximate surface area is 163 Å². The van der Waals surface area contributed by atoms with Crippen LogP contribution in [0.4, 0.5) is 16.6 Å². The van der Waals surface area contributed by atoms with Gasteiger partial charge in [0.25, 0.3) is 0 Å². The van der Waals surface area contributed by atoms with Gasteiger partial charge in [-0.3, -0.25) is 4.90 Å². The molecular weight excluding hydrogens is 356 g/mol. The van der Waals surface area contributed by atoms with E-state index in [-0.39, 0.29) is 12.1 Å². The van der Waals surface area contributed by atoms with Crippen LogP contribution in [-0.2, 0) is 4.74 Å². The van der Waals surface area contributed by atoms with Crippen molar-refractivity contribution in [2.75, 3.05) is 23.4 Å². The summed E-state index contributed by atoms with van der Waals surface area (Å²) in [6.45, 7) is 2.89. The first-order valence-corrected chi connectivity index (χ1v) is 9.06. The molecular formula is C21H20N4O3. The molecule has 142 valence electrons. The van der Waals surface area contributed by atoms with Gasteiger partial charge in [0.05, 0.1) is 12.6 Å². The van der Waals surface area contributed by atoms with E-state index in [1.54, 1.807) is 12.3 Å². The highest BCUT2D eigenvalue weighted by atomic mass is 16.6. The molecule has 28 heavy (non-hydrogen) atoms. The molecule has 0 unspecified atom stereocenters. The van der Waals surface area contributed by atoms with Crippen molar-refractivity contribution in [2.45, 2.75) is 13.0 Å². The number of hydrogen-bond donors (Lipinski definition) is 1. The number of amides is 1. The Balaban J connectivity index is 1.42. The van der Waals surface area contributed by atoms with E-state index in [2.05, 4.69) is 15.3 Å². The molecule has 4 rings (SSSR count). The second-order valence-electron chi connectivity index (χ2n) is 6.35. The maximum atomic E-state index is 11.7. The van der Waals surface area contributed by atoms with Crippen molar-refractivity contribution < 1.29 is 14.3 Å². The molecule has 7 heteroatoms. The van der Waals surface area contributed by atoms with E-state index < -0.39 is 0 Å². The number of hydrogen-bond acceptors (Lipinski definition) is 6. The lowest BCUT2D eigenvalue weighted by Crippen LogP contribution is -2.25. The van der Waals surface area contributed by atoms with E-state index in [0.717, 1.165) is 17.1 Å². The number of ether oxygens (including phenoxy) is 2. The monoisotopic (exact) mass is 376 g/mol. The second kappa shape index (κ2) is 7.96. The third-order valence-corrected chi connectivity index (χ3v) is 4.38. The van der Waals surface area contributed by atoms with Crippen molar-refractivity contribution in [3.63, 3.8) is 0 Å². The van der Waals surface area contributed by atoms with Crippen LogP contribution < -0.4 is 15.0 Å². The second-order valence-corrected chi connectivity index (χ2v) is 6.35. The molecule has 1 aliphatic rings. The number of benzene rings is 2. The van der Waals surface area contributed by atoms with Crippen LogP contribution in [0.2, 0.25) is 0 Å². The van der Waals surface area contributed by atoms with Gasteiger partial charge in [-0.25, -0.2) is 9.78 Å². The first-order valence-electron chi connectivity index (χ1n) is 9.06. The van der Waals surface area contributed by atoms with Gasteiger partial charge >= 0.3 is 6.09 Å². The minimum absolute atomic E-state index is 0.0217. The number of anilines is 2. The fourth-order valence-electron chi connectivity index (χ4n) is 2.90. The molecule has 1 N–H and O–H groups in total. The minimum atomic E-state index is -0.383. The molecule has 0 spiro atoms. The lowest BCUT2D eigenvalue weighted by atomic mass is 10.1. The van der Waals surface area contributed by atoms with Crippen LogP contribution >= 0.6 is 0 Å². The predicted molar refractivity (Wildman–Crippen MR) is 106 cm³/mol. The largest absolute Gasteiger partial charge is 0.457 e. The van der Waals surface area contributed by atoms with Gasteiger partial charge in [0.1, 0.15) is 23.9 Å². The molecule has 1 fully saturated rings. The van der Waals surface area contributed by atoms with E-state index in [1.807, 2.05) is 61.5 Å². The summed E-state index contributed by atoms with van der Waals surface area (Å²) >= 11 is 0. The van der Waals surface area contributed by atoms with E-state index in [4.69, 9.17) is 9.47 Å². The molecule has 1 amide bonds. The standard InChI is InChI=1S/C21H20N4O3/c1-15(16-7-9-18(10-8-16)28-17-5-3-2-4-6-17)23-20-22-12-11-19(24-20)25-13-14-27-21(25)26/h2-12,15H,13-14H2,1H3,(H,22,23,24)/t15-/m0/s1. The number of nitrogens with zero attached hydrogens (tertiary/aromatic N) is 3. The summed E-state index contributed by atoms with van der Waals surface area (Å²) in [6.07, 6.45) is 1.24. The maximum absolute atomic E-state index is 11.7. The number of rotatable bonds is 6. The summed E-state index contributed by atoms with van der Waals surface area (Å²) in [5.41, 5.74) is 1.06. The van der Waals surface area contributed by atoms with Crippen LogP contribution in [0.1, 0.15) is 18.5 Å². The van der Waals surface area contributed by atoms with Crippen molar-refractivity contribution in [2.24, 2.45) is 0 Å². The zero-order valence-corrected chi connectivity index (χ0v) is 15.4. The predicted octanol–water partition coefficient (Wildman–Crippen LogP) is 4.40. The number of aromatic nitrogens is 2. The Bertz CT molecular complexity index is 947. The Morgan fingerprint density at radius 3 is 2.54 bits per heavy atom. The quantitative estimate of drug-likeness (QED) is 0.687. The lowest BCUT2D eigenvalue weighted by Gasteiger charge is -2.17. The number of carbonyl (C=O) groups excluding carboxylic acids is 1. The van der Waals surface area contributed by atoms with Crippen LogP contribution in [0.25, 0.3) is 0 Å². The molecule has 3 aromatic rings. The SMILES string of the molecule is C[C@H](Nc1nccc(N2CCOC2=O)n1)c1ccc(Oc2ccccc2)cc1. The molecule has 1 aliphatic heterocycles. The van der Waals surface area contributed by atoms with Gasteiger partial charge < -0.3 is 14.8 Å². The number of carbonyl (C=O) groups is 1. The molecule has 0 aliphatic carbocycles. The van der Waals surface area contributed by atoms with E-state index in [0.29, 0.717) is 24.9 Å². The molecule has 0 radical (unpaired) electrons. The van der Waals surface area contributed by atoms with Gasteiger partial charge in [-0.15, -0.1) is 0 Å². The first-order chi connectivity index (χ1) is 13.7. The van der Waals surface area contributed by atoms with Gasteiger partial charge in [0.15, 0.2) is 0 Å². The minimum Gasteiger partial charge on any atom is -0.457 e. The van der Waals surface area contributed by atoms with Crippen molar-refractivity contribution in [1.82, 2.24) is 9.97 Å². The van der Waals surface area contributed by atoms with Gasteiger partial charge in [0.2, 0.25) is 5.95 Å². The molecule has 0 bridgehead atoms. The molecule has 1 atom stereocenters. The number of para-hydroxylation sites is 1. The summed E-state index contributed by atoms with van der Waals surface area (Å²) in [6, 6.07) is 19.2. The third kappa shape index (κ3) is 4.03. The van der Waals surface area contributed by atoms with Crippen LogP contribution in [0.3, 0.4) is 0 Å². The Hall–Kier alpha value is -3.61. The van der Waals surface area contributed by atoms with Gasteiger partial charge in [0, 0.05) is 6.20 Å². The summed E-state index contributed by atoms with van der Waals surface area (Å²) in [5.74, 6) is 2.55. The highest BCUT2D eigenvalue weighted by Gasteiger charge is 2.25. The molecule has 1 aromatic heterocycles. The van der Waals surface area contributed by atoms with Crippen molar-refractivity contribution in [1.29, 1.82) is 0 Å². The summed E-state index contributed by atoms with van der Waals surface area (Å²) < 4.78 is 10.8. The highest BCUT2D eigenvalue weighted by Crippen LogP contribution is 2.25. The number of cyclic esters (lactones) is 1. The molecule has 0 saturated carbocycles. The van der Waals surface area contributed by atoms with Crippen molar-refractivity contribution in [3.05, 3.63) is 72.4 Å².